The van der Waals surface area contributed by atoms with Crippen LogP contribution in [0.2, 0.25) is 0 Å². The van der Waals surface area contributed by atoms with E-state index in [2.05, 4.69) is 42.5 Å². The van der Waals surface area contributed by atoms with Gasteiger partial charge in [-0.25, -0.2) is 4.79 Å². The Bertz CT molecular complexity index is 1880. The Labute approximate surface area is 395 Å². The van der Waals surface area contributed by atoms with Gasteiger partial charge in [-0.2, -0.15) is 0 Å². The molecule has 11 atom stereocenters. The second-order valence-corrected chi connectivity index (χ2v) is 16.6. The summed E-state index contributed by atoms with van der Waals surface area (Å²) in [4.78, 5) is 163. The van der Waals surface area contributed by atoms with Crippen molar-refractivity contribution in [1.82, 2.24) is 42.5 Å². The fraction of sp³-hybridized carbons (Fsp3) is 0.675. The molecular formula is C40H67N11O18. The van der Waals surface area contributed by atoms with Crippen molar-refractivity contribution in [2.75, 3.05) is 6.54 Å². The van der Waals surface area contributed by atoms with Crippen LogP contribution in [-0.2, 0) is 62.3 Å². The lowest BCUT2D eigenvalue weighted by Crippen LogP contribution is -2.62. The minimum Gasteiger partial charge on any atom is -0.481 e. The molecule has 0 saturated heterocycles. The zero-order valence-electron chi connectivity index (χ0n) is 39.1. The topological polar surface area (TPSA) is 497 Å². The normalized spacial score (nSPS) is 15.8. The average molecular weight is 990 g/mol. The summed E-state index contributed by atoms with van der Waals surface area (Å²) in [5.74, 6) is -16.4. The van der Waals surface area contributed by atoms with Crippen LogP contribution < -0.4 is 59.7 Å². The molecule has 0 aliphatic carbocycles. The summed E-state index contributed by atoms with van der Waals surface area (Å²) in [6.07, 6.45) is -7.19. The van der Waals surface area contributed by atoms with E-state index in [1.165, 1.54) is 6.92 Å². The first kappa shape index (κ1) is 62.0. The number of carbonyl (C=O) groups is 13. The molecule has 0 unspecified atom stereocenters. The van der Waals surface area contributed by atoms with Gasteiger partial charge in [0.05, 0.1) is 37.6 Å². The number of carboxylic acids is 3. The van der Waals surface area contributed by atoms with Crippen molar-refractivity contribution in [3.63, 3.8) is 0 Å². The van der Waals surface area contributed by atoms with Gasteiger partial charge >= 0.3 is 17.9 Å². The number of aliphatic hydroxyl groups is 2. The van der Waals surface area contributed by atoms with Crippen LogP contribution in [0.3, 0.4) is 0 Å². The first-order valence-electron chi connectivity index (χ1n) is 21.7. The van der Waals surface area contributed by atoms with Crippen LogP contribution in [0.25, 0.3) is 0 Å². The lowest BCUT2D eigenvalue weighted by atomic mass is 9.96. The number of hydrogen-bond acceptors (Lipinski definition) is 16. The maximum Gasteiger partial charge on any atom is 0.326 e. The van der Waals surface area contributed by atoms with Gasteiger partial charge in [0, 0.05) is 12.8 Å². The van der Waals surface area contributed by atoms with Crippen molar-refractivity contribution in [2.45, 2.75) is 153 Å². The van der Waals surface area contributed by atoms with Gasteiger partial charge in [-0.1, -0.05) is 34.1 Å². The number of carboxylic acid groups (broad SMARTS) is 3. The van der Waals surface area contributed by atoms with Crippen LogP contribution in [0.1, 0.15) is 92.9 Å². The van der Waals surface area contributed by atoms with Crippen molar-refractivity contribution >= 4 is 77.0 Å². The second-order valence-electron chi connectivity index (χ2n) is 16.6. The van der Waals surface area contributed by atoms with Gasteiger partial charge in [0.25, 0.3) is 0 Å². The van der Waals surface area contributed by atoms with Gasteiger partial charge in [0.1, 0.15) is 42.3 Å². The van der Waals surface area contributed by atoms with Crippen molar-refractivity contribution < 1.29 is 87.9 Å². The van der Waals surface area contributed by atoms with Crippen molar-refractivity contribution in [2.24, 2.45) is 29.0 Å². The van der Waals surface area contributed by atoms with E-state index in [0.717, 1.165) is 13.8 Å². The van der Waals surface area contributed by atoms with Crippen LogP contribution in [-0.4, -0.2) is 170 Å². The van der Waals surface area contributed by atoms with E-state index in [9.17, 15) is 82.8 Å². The Morgan fingerprint density at radius 1 is 0.493 bits per heavy atom. The molecule has 0 rings (SSSR count). The Morgan fingerprint density at radius 2 is 0.942 bits per heavy atom. The smallest absolute Gasteiger partial charge is 0.326 e. The molecule has 10 amide bonds. The summed E-state index contributed by atoms with van der Waals surface area (Å²) in [6, 6.07) is -13.4. The molecule has 29 heteroatoms. The highest BCUT2D eigenvalue weighted by molar-refractivity contribution is 5.99. The molecular weight excluding hydrogens is 922 g/mol. The van der Waals surface area contributed by atoms with Crippen LogP contribution >= 0.6 is 0 Å². The number of nitrogens with two attached hydrogens (primary N) is 3. The van der Waals surface area contributed by atoms with E-state index in [1.54, 1.807) is 20.8 Å². The number of aliphatic hydroxyl groups excluding tert-OH is 2. The highest BCUT2D eigenvalue weighted by Crippen LogP contribution is 2.12. The molecule has 390 valence electrons. The first-order chi connectivity index (χ1) is 31.9. The van der Waals surface area contributed by atoms with Gasteiger partial charge in [-0.05, 0) is 44.9 Å². The molecule has 0 aliphatic rings. The van der Waals surface area contributed by atoms with E-state index >= 15 is 0 Å². The fourth-order valence-electron chi connectivity index (χ4n) is 6.07. The third-order valence-electron chi connectivity index (χ3n) is 10.0. The second kappa shape index (κ2) is 30.4. The summed E-state index contributed by atoms with van der Waals surface area (Å²) >= 11 is 0. The molecule has 0 heterocycles. The number of carbonyl (C=O) groups excluding carboxylic acids is 10. The Balaban J connectivity index is 6.21. The summed E-state index contributed by atoms with van der Waals surface area (Å²) in [6.45, 7) is 7.76. The molecule has 19 N–H and O–H groups in total. The van der Waals surface area contributed by atoms with Crippen molar-refractivity contribution in [3.05, 3.63) is 0 Å². The van der Waals surface area contributed by atoms with Crippen molar-refractivity contribution in [3.8, 4) is 0 Å². The minimum absolute atomic E-state index is 0.0182. The average Bonchev–Trinajstić information content (AvgIpc) is 3.23. The van der Waals surface area contributed by atoms with Crippen molar-refractivity contribution in [1.29, 1.82) is 0 Å². The number of hydrogen-bond donors (Lipinski definition) is 16. The molecule has 0 radical (unpaired) electrons. The zero-order chi connectivity index (χ0) is 53.5. The monoisotopic (exact) mass is 989 g/mol. The summed E-state index contributed by atoms with van der Waals surface area (Å²) in [5, 5.41) is 66.1. The third-order valence-corrected chi connectivity index (χ3v) is 10.0. The summed E-state index contributed by atoms with van der Waals surface area (Å²) in [7, 11) is 0. The van der Waals surface area contributed by atoms with E-state index in [0.29, 0.717) is 0 Å². The van der Waals surface area contributed by atoms with Gasteiger partial charge in [0.2, 0.25) is 59.1 Å². The Morgan fingerprint density at radius 3 is 1.41 bits per heavy atom. The molecule has 0 fully saturated rings. The number of nitrogens with one attached hydrogen (secondary N) is 8. The highest BCUT2D eigenvalue weighted by Gasteiger charge is 2.37. The number of rotatable bonds is 33. The van der Waals surface area contributed by atoms with Crippen LogP contribution in [0.5, 0.6) is 0 Å². The van der Waals surface area contributed by atoms with Gasteiger partial charge in [0.15, 0.2) is 0 Å². The lowest BCUT2D eigenvalue weighted by molar-refractivity contribution is -0.143. The fourth-order valence-corrected chi connectivity index (χ4v) is 6.07. The largest absolute Gasteiger partial charge is 0.481 e. The van der Waals surface area contributed by atoms with Gasteiger partial charge in [-0.3, -0.25) is 57.5 Å². The zero-order valence-corrected chi connectivity index (χ0v) is 39.1. The lowest BCUT2D eigenvalue weighted by Gasteiger charge is -2.29. The summed E-state index contributed by atoms with van der Waals surface area (Å²) in [5.41, 5.74) is 16.0. The predicted molar refractivity (Wildman–Crippen MR) is 236 cm³/mol. The number of amides is 10. The molecule has 69 heavy (non-hydrogen) atoms. The molecule has 0 aromatic carbocycles. The Kier molecular flexibility index (Phi) is 27.3. The molecule has 0 saturated carbocycles. The van der Waals surface area contributed by atoms with Crippen LogP contribution in [0.15, 0.2) is 0 Å². The third kappa shape index (κ3) is 24.0. The molecule has 0 bridgehead atoms. The Hall–Kier alpha value is -7.01. The van der Waals surface area contributed by atoms with E-state index in [4.69, 9.17) is 22.3 Å². The predicted octanol–water partition coefficient (Wildman–Crippen LogP) is -6.76. The molecule has 0 spiro atoms. The quantitative estimate of drug-likeness (QED) is 0.0291. The van der Waals surface area contributed by atoms with Crippen LogP contribution in [0, 0.1) is 11.8 Å². The molecule has 0 aliphatic heterocycles. The van der Waals surface area contributed by atoms with Gasteiger partial charge in [-0.15, -0.1) is 0 Å². The highest BCUT2D eigenvalue weighted by atomic mass is 16.4. The maximum atomic E-state index is 13.6. The van der Waals surface area contributed by atoms with Gasteiger partial charge < -0.3 is 85.3 Å². The molecule has 29 nitrogen and oxygen atoms in total. The maximum absolute atomic E-state index is 13.6. The molecule has 0 aromatic rings. The van der Waals surface area contributed by atoms with E-state index in [-0.39, 0.29) is 18.8 Å². The standard InChI is InChI=1S/C40H67N11O18/c1-7-17(4)30(38(66)51-32(19(6)53)39(67)48-24(40(68)69)12-16(2)3)49-36(64)23(14-26(43)55)45-27(56)15-44-37(65)31(18(5)52)50-35(63)22(9-11-28(57)58)47-34(62)21(8-10-25(42)54)46-33(61)20(41)13-29(59)60/h16-24,30-32,52-53H,7-15,41H2,1-6H3,(H2,42,54)(H2,43,55)(H,44,65)(H,45,56)(H,46,61)(H,47,62)(H,48,67)(H,49,64)(H,50,63)(H,51,66)(H,57,58)(H,59,60)(H,68,69)/t17-,18+,19+,20-,21-,22-,23-,24-,30-,31-,32-/m0/s1. The number of primary amides is 2. The van der Waals surface area contributed by atoms with E-state index in [1.807, 2.05) is 0 Å². The summed E-state index contributed by atoms with van der Waals surface area (Å²) < 4.78 is 0. The SMILES string of the molecule is CC[C@H](C)[C@H](NC(=O)[C@H](CC(N)=O)NC(=O)CNC(=O)[C@@H](NC(=O)[C@H](CCC(=O)O)NC(=O)[C@H](CCC(N)=O)NC(=O)[C@@H](N)CC(=O)O)[C@@H](C)O)C(=O)N[C@H](C(=O)N[C@@H](CC(C)C)C(=O)O)[C@@H](C)O. The van der Waals surface area contributed by atoms with E-state index < -0.39 is 189 Å². The minimum atomic E-state index is -1.92. The molecule has 0 aromatic heterocycles. The van der Waals surface area contributed by atoms with Crippen LogP contribution in [0.4, 0.5) is 0 Å². The number of aliphatic carboxylic acids is 3. The first-order valence-corrected chi connectivity index (χ1v) is 21.7.